The molecule has 140 valence electrons. The maximum absolute atomic E-state index is 12.8. The van der Waals surface area contributed by atoms with E-state index < -0.39 is 0 Å². The van der Waals surface area contributed by atoms with Crippen molar-refractivity contribution in [1.29, 1.82) is 0 Å². The number of nitrogens with one attached hydrogen (secondary N) is 2. The van der Waals surface area contributed by atoms with Crippen molar-refractivity contribution in [1.82, 2.24) is 10.2 Å². The smallest absolute Gasteiger partial charge is 0.241 e. The van der Waals surface area contributed by atoms with E-state index in [-0.39, 0.29) is 11.9 Å². The van der Waals surface area contributed by atoms with Crippen molar-refractivity contribution in [2.45, 2.75) is 45.1 Å². The highest BCUT2D eigenvalue weighted by Gasteiger charge is 2.26. The first-order valence-corrected chi connectivity index (χ1v) is 10.8. The third-order valence-corrected chi connectivity index (χ3v) is 5.75. The van der Waals surface area contributed by atoms with Crippen LogP contribution in [0, 0.1) is 0 Å². The van der Waals surface area contributed by atoms with Crippen LogP contribution in [-0.2, 0) is 4.79 Å². The van der Waals surface area contributed by atoms with Crippen molar-refractivity contribution in [2.75, 3.05) is 43.0 Å². The van der Waals surface area contributed by atoms with Crippen LogP contribution in [0.3, 0.4) is 0 Å². The number of hydrogen-bond donors (Lipinski definition) is 2. The number of nitrogens with zero attached hydrogens (tertiary/aromatic N) is 1. The van der Waals surface area contributed by atoms with Gasteiger partial charge in [-0.1, -0.05) is 38.0 Å². The van der Waals surface area contributed by atoms with E-state index in [1.54, 1.807) is 0 Å². The van der Waals surface area contributed by atoms with Crippen LogP contribution in [0.5, 0.6) is 0 Å². The number of benzene rings is 1. The molecule has 0 aromatic heterocycles. The Morgan fingerprint density at radius 2 is 1.88 bits per heavy atom. The number of piperazine rings is 1. The zero-order valence-electron chi connectivity index (χ0n) is 15.5. The largest absolute Gasteiger partial charge is 0.325 e. The first-order valence-electron chi connectivity index (χ1n) is 9.69. The lowest BCUT2D eigenvalue weighted by Crippen LogP contribution is -2.52. The minimum atomic E-state index is -0.0152. The molecule has 0 spiro atoms. The number of anilines is 1. The second kappa shape index (κ2) is 12.3. The Morgan fingerprint density at radius 3 is 2.60 bits per heavy atom. The van der Waals surface area contributed by atoms with Gasteiger partial charge in [-0.15, -0.1) is 0 Å². The minimum absolute atomic E-state index is 0.0152. The van der Waals surface area contributed by atoms with E-state index in [0.29, 0.717) is 0 Å². The number of para-hydroxylation sites is 1. The summed E-state index contributed by atoms with van der Waals surface area (Å²) >= 11 is 2.03. The van der Waals surface area contributed by atoms with Crippen molar-refractivity contribution in [3.63, 3.8) is 0 Å². The van der Waals surface area contributed by atoms with Gasteiger partial charge >= 0.3 is 0 Å². The fourth-order valence-electron chi connectivity index (χ4n) is 3.16. The van der Waals surface area contributed by atoms with Crippen LogP contribution in [-0.4, -0.2) is 54.5 Å². The van der Waals surface area contributed by atoms with E-state index in [0.717, 1.165) is 50.5 Å². The molecule has 1 aliphatic heterocycles. The van der Waals surface area contributed by atoms with Gasteiger partial charge in [0.15, 0.2) is 0 Å². The first kappa shape index (κ1) is 20.3. The number of hydrogen-bond acceptors (Lipinski definition) is 4. The van der Waals surface area contributed by atoms with Crippen LogP contribution < -0.4 is 10.6 Å². The van der Waals surface area contributed by atoms with E-state index in [1.807, 2.05) is 42.1 Å². The molecule has 1 unspecified atom stereocenters. The average Bonchev–Trinajstić information content (AvgIpc) is 2.65. The molecule has 1 aliphatic rings. The van der Waals surface area contributed by atoms with E-state index >= 15 is 0 Å². The average molecular weight is 364 g/mol. The van der Waals surface area contributed by atoms with Gasteiger partial charge in [0.2, 0.25) is 5.91 Å². The number of unbranched alkanes of at least 4 members (excludes halogenated alkanes) is 2. The van der Waals surface area contributed by atoms with Gasteiger partial charge < -0.3 is 10.6 Å². The molecule has 25 heavy (non-hydrogen) atoms. The quantitative estimate of drug-likeness (QED) is 0.590. The second-order valence-corrected chi connectivity index (χ2v) is 7.84. The van der Waals surface area contributed by atoms with Crippen LogP contribution in [0.4, 0.5) is 5.69 Å². The minimum Gasteiger partial charge on any atom is -0.325 e. The number of carbonyl (C=O) groups excluding carboxylic acids is 1. The van der Waals surface area contributed by atoms with Gasteiger partial charge in [-0.2, -0.15) is 11.8 Å². The molecule has 2 N–H and O–H groups in total. The molecular weight excluding hydrogens is 330 g/mol. The van der Waals surface area contributed by atoms with Gasteiger partial charge in [-0.3, -0.25) is 9.69 Å². The van der Waals surface area contributed by atoms with Crippen molar-refractivity contribution in [3.05, 3.63) is 30.3 Å². The molecular formula is C20H33N3OS. The second-order valence-electron chi connectivity index (χ2n) is 6.62. The molecule has 1 aromatic rings. The van der Waals surface area contributed by atoms with Crippen LogP contribution in [0.1, 0.15) is 39.0 Å². The summed E-state index contributed by atoms with van der Waals surface area (Å²) in [6, 6.07) is 9.79. The highest BCUT2D eigenvalue weighted by Crippen LogP contribution is 2.16. The lowest BCUT2D eigenvalue weighted by atomic mass is 10.1. The van der Waals surface area contributed by atoms with Crippen molar-refractivity contribution in [3.8, 4) is 0 Å². The Balaban J connectivity index is 1.81. The summed E-state index contributed by atoms with van der Waals surface area (Å²) in [5.74, 6) is 2.55. The summed E-state index contributed by atoms with van der Waals surface area (Å²) in [4.78, 5) is 15.2. The molecule has 0 saturated carbocycles. The summed E-state index contributed by atoms with van der Waals surface area (Å²) in [6.45, 7) is 6.10. The molecule has 0 radical (unpaired) electrons. The lowest BCUT2D eigenvalue weighted by molar-refractivity contribution is -0.121. The molecule has 4 nitrogen and oxygen atoms in total. The Kier molecular flexibility index (Phi) is 10.0. The van der Waals surface area contributed by atoms with Crippen molar-refractivity contribution < 1.29 is 4.79 Å². The molecule has 0 bridgehead atoms. The number of rotatable bonds is 11. The van der Waals surface area contributed by atoms with E-state index in [1.165, 1.54) is 25.0 Å². The summed E-state index contributed by atoms with van der Waals surface area (Å²) in [7, 11) is 0. The summed E-state index contributed by atoms with van der Waals surface area (Å²) in [5, 5.41) is 6.48. The SMILES string of the molecule is CCCCCSCCCC(C(=O)Nc1ccccc1)N1CCNCC1. The highest BCUT2D eigenvalue weighted by molar-refractivity contribution is 7.99. The predicted octanol–water partition coefficient (Wildman–Crippen LogP) is 3.60. The summed E-state index contributed by atoms with van der Waals surface area (Å²) < 4.78 is 0. The number of thioether (sulfide) groups is 1. The van der Waals surface area contributed by atoms with Gasteiger partial charge in [-0.25, -0.2) is 0 Å². The third-order valence-electron chi connectivity index (χ3n) is 4.59. The monoisotopic (exact) mass is 363 g/mol. The predicted molar refractivity (Wildman–Crippen MR) is 109 cm³/mol. The Labute approximate surface area is 157 Å². The Morgan fingerprint density at radius 1 is 1.16 bits per heavy atom. The molecule has 0 aliphatic carbocycles. The number of amides is 1. The molecule has 1 amide bonds. The Hall–Kier alpha value is -1.04. The maximum Gasteiger partial charge on any atom is 0.241 e. The molecule has 1 heterocycles. The maximum atomic E-state index is 12.8. The highest BCUT2D eigenvalue weighted by atomic mass is 32.2. The fourth-order valence-corrected chi connectivity index (χ4v) is 4.14. The zero-order valence-corrected chi connectivity index (χ0v) is 16.3. The van der Waals surface area contributed by atoms with Gasteiger partial charge in [0, 0.05) is 31.9 Å². The normalized spacial score (nSPS) is 16.5. The van der Waals surface area contributed by atoms with Crippen LogP contribution in [0.15, 0.2) is 30.3 Å². The molecule has 1 fully saturated rings. The van der Waals surface area contributed by atoms with Crippen molar-refractivity contribution in [2.24, 2.45) is 0 Å². The van der Waals surface area contributed by atoms with Crippen LogP contribution in [0.25, 0.3) is 0 Å². The lowest BCUT2D eigenvalue weighted by Gasteiger charge is -2.34. The standard InChI is InChI=1S/C20H33N3OS/c1-2-3-7-16-25-17-8-11-19(23-14-12-21-13-15-23)20(24)22-18-9-5-4-6-10-18/h4-6,9-10,19,21H,2-3,7-8,11-17H2,1H3,(H,22,24). The molecule has 1 aromatic carbocycles. The van der Waals surface area contributed by atoms with Crippen molar-refractivity contribution >= 4 is 23.4 Å². The molecule has 5 heteroatoms. The molecule has 1 atom stereocenters. The summed E-state index contributed by atoms with van der Waals surface area (Å²) in [5.41, 5.74) is 0.890. The molecule has 2 rings (SSSR count). The summed E-state index contributed by atoms with van der Waals surface area (Å²) in [6.07, 6.45) is 5.98. The Bertz CT molecular complexity index is 477. The first-order chi connectivity index (χ1) is 12.3. The van der Waals surface area contributed by atoms with Gasteiger partial charge in [-0.05, 0) is 42.9 Å². The van der Waals surface area contributed by atoms with Gasteiger partial charge in [0.25, 0.3) is 0 Å². The van der Waals surface area contributed by atoms with E-state index in [4.69, 9.17) is 0 Å². The van der Waals surface area contributed by atoms with E-state index in [9.17, 15) is 4.79 Å². The number of carbonyl (C=O) groups is 1. The van der Waals surface area contributed by atoms with Gasteiger partial charge in [0.1, 0.15) is 0 Å². The molecule has 1 saturated heterocycles. The van der Waals surface area contributed by atoms with Crippen LogP contribution >= 0.6 is 11.8 Å². The zero-order chi connectivity index (χ0) is 17.7. The topological polar surface area (TPSA) is 44.4 Å². The van der Waals surface area contributed by atoms with E-state index in [2.05, 4.69) is 22.5 Å². The van der Waals surface area contributed by atoms with Crippen LogP contribution in [0.2, 0.25) is 0 Å². The fraction of sp³-hybridized carbons (Fsp3) is 0.650. The van der Waals surface area contributed by atoms with Gasteiger partial charge in [0.05, 0.1) is 6.04 Å². The third kappa shape index (κ3) is 7.80.